The predicted molar refractivity (Wildman–Crippen MR) is 109 cm³/mol. The van der Waals surface area contributed by atoms with Gasteiger partial charge in [0.1, 0.15) is 0 Å². The number of rotatable bonds is 8. The van der Waals surface area contributed by atoms with Crippen molar-refractivity contribution in [1.29, 1.82) is 0 Å². The zero-order chi connectivity index (χ0) is 19.8. The van der Waals surface area contributed by atoms with Gasteiger partial charge < -0.3 is 10.6 Å². The van der Waals surface area contributed by atoms with Crippen LogP contribution in [0.25, 0.3) is 0 Å². The van der Waals surface area contributed by atoms with Crippen LogP contribution >= 0.6 is 0 Å². The van der Waals surface area contributed by atoms with Gasteiger partial charge in [0.25, 0.3) is 0 Å². The molecule has 0 spiro atoms. The summed E-state index contributed by atoms with van der Waals surface area (Å²) in [7, 11) is 0. The van der Waals surface area contributed by atoms with Crippen LogP contribution in [0.15, 0.2) is 54.6 Å². The molecule has 0 aliphatic heterocycles. The van der Waals surface area contributed by atoms with Crippen molar-refractivity contribution in [2.75, 3.05) is 0 Å². The van der Waals surface area contributed by atoms with Crippen LogP contribution < -0.4 is 10.6 Å². The van der Waals surface area contributed by atoms with Crippen LogP contribution in [0.2, 0.25) is 0 Å². The van der Waals surface area contributed by atoms with Crippen molar-refractivity contribution in [2.45, 2.75) is 52.6 Å². The highest BCUT2D eigenvalue weighted by Gasteiger charge is 2.18. The second-order valence-electron chi connectivity index (χ2n) is 7.50. The van der Waals surface area contributed by atoms with E-state index in [4.69, 9.17) is 0 Å². The van der Waals surface area contributed by atoms with E-state index in [1.807, 2.05) is 37.3 Å². The first-order valence-electron chi connectivity index (χ1n) is 9.55. The van der Waals surface area contributed by atoms with Gasteiger partial charge in [-0.15, -0.1) is 0 Å². The summed E-state index contributed by atoms with van der Waals surface area (Å²) in [6.45, 7) is 7.85. The van der Waals surface area contributed by atoms with Crippen molar-refractivity contribution >= 4 is 11.8 Å². The summed E-state index contributed by atoms with van der Waals surface area (Å²) in [5.74, 6) is 0.387. The van der Waals surface area contributed by atoms with Crippen LogP contribution in [-0.4, -0.2) is 11.8 Å². The zero-order valence-electron chi connectivity index (χ0n) is 16.7. The molecule has 0 unspecified atom stereocenters. The second-order valence-corrected chi connectivity index (χ2v) is 7.50. The van der Waals surface area contributed by atoms with Gasteiger partial charge in [-0.2, -0.15) is 0 Å². The standard InChI is InChI=1S/C23H30N2O2/c1-16(2)14-19-10-12-20(13-11-19)17(3)24-23(27)15-22(25-18(4)26)21-8-6-5-7-9-21/h5-13,16-17,22H,14-15H2,1-4H3,(H,24,27)(H,25,26)/t17-,22+/m0/s1. The molecule has 2 aromatic rings. The molecule has 0 saturated carbocycles. The highest BCUT2D eigenvalue weighted by atomic mass is 16.2. The second kappa shape index (κ2) is 9.91. The first kappa shape index (κ1) is 20.7. The fraction of sp³-hybridized carbons (Fsp3) is 0.391. The molecule has 27 heavy (non-hydrogen) atoms. The van der Waals surface area contributed by atoms with Crippen LogP contribution in [0.5, 0.6) is 0 Å². The maximum absolute atomic E-state index is 12.5. The molecule has 0 bridgehead atoms. The van der Waals surface area contributed by atoms with Gasteiger partial charge in [-0.1, -0.05) is 68.4 Å². The number of benzene rings is 2. The van der Waals surface area contributed by atoms with E-state index >= 15 is 0 Å². The van der Waals surface area contributed by atoms with Gasteiger partial charge in [0.2, 0.25) is 11.8 Å². The summed E-state index contributed by atoms with van der Waals surface area (Å²) >= 11 is 0. The average molecular weight is 367 g/mol. The zero-order valence-corrected chi connectivity index (χ0v) is 16.7. The van der Waals surface area contributed by atoms with Crippen molar-refractivity contribution in [3.63, 3.8) is 0 Å². The van der Waals surface area contributed by atoms with E-state index in [1.54, 1.807) is 0 Å². The fourth-order valence-electron chi connectivity index (χ4n) is 3.17. The molecule has 0 aliphatic carbocycles. The minimum atomic E-state index is -0.329. The fourth-order valence-corrected chi connectivity index (χ4v) is 3.17. The predicted octanol–water partition coefficient (Wildman–Crippen LogP) is 4.33. The van der Waals surface area contributed by atoms with Crippen molar-refractivity contribution in [1.82, 2.24) is 10.6 Å². The number of amides is 2. The Morgan fingerprint density at radius 1 is 0.852 bits per heavy atom. The maximum atomic E-state index is 12.5. The van der Waals surface area contributed by atoms with Gasteiger partial charge in [0.05, 0.1) is 18.5 Å². The highest BCUT2D eigenvalue weighted by molar-refractivity contribution is 5.79. The van der Waals surface area contributed by atoms with Crippen LogP contribution in [0.3, 0.4) is 0 Å². The Bertz CT molecular complexity index is 739. The molecule has 2 aromatic carbocycles. The molecule has 0 radical (unpaired) electrons. The molecule has 0 fully saturated rings. The molecule has 2 rings (SSSR count). The van der Waals surface area contributed by atoms with Gasteiger partial charge in [-0.25, -0.2) is 0 Å². The Hall–Kier alpha value is -2.62. The summed E-state index contributed by atoms with van der Waals surface area (Å²) < 4.78 is 0. The largest absolute Gasteiger partial charge is 0.350 e. The van der Waals surface area contributed by atoms with Crippen LogP contribution in [0.4, 0.5) is 0 Å². The minimum Gasteiger partial charge on any atom is -0.350 e. The summed E-state index contributed by atoms with van der Waals surface area (Å²) in [5, 5.41) is 5.91. The highest BCUT2D eigenvalue weighted by Crippen LogP contribution is 2.19. The van der Waals surface area contributed by atoms with Crippen LogP contribution in [-0.2, 0) is 16.0 Å². The van der Waals surface area contributed by atoms with Crippen LogP contribution in [0, 0.1) is 5.92 Å². The number of carbonyl (C=O) groups excluding carboxylic acids is 2. The van der Waals surface area contributed by atoms with Crippen molar-refractivity contribution in [2.24, 2.45) is 5.92 Å². The van der Waals surface area contributed by atoms with E-state index in [2.05, 4.69) is 48.7 Å². The lowest BCUT2D eigenvalue weighted by Gasteiger charge is -2.20. The smallest absolute Gasteiger partial charge is 0.222 e. The van der Waals surface area contributed by atoms with Gasteiger partial charge in [-0.3, -0.25) is 9.59 Å². The topological polar surface area (TPSA) is 58.2 Å². The van der Waals surface area contributed by atoms with Gasteiger partial charge >= 0.3 is 0 Å². The number of hydrogen-bond acceptors (Lipinski definition) is 2. The Balaban J connectivity index is 1.98. The quantitative estimate of drug-likeness (QED) is 0.730. The lowest BCUT2D eigenvalue weighted by atomic mass is 9.99. The van der Waals surface area contributed by atoms with E-state index in [1.165, 1.54) is 12.5 Å². The first-order chi connectivity index (χ1) is 12.8. The molecule has 4 heteroatoms. The van der Waals surface area contributed by atoms with Gasteiger partial charge in [0, 0.05) is 6.92 Å². The lowest BCUT2D eigenvalue weighted by Crippen LogP contribution is -2.33. The monoisotopic (exact) mass is 366 g/mol. The van der Waals surface area contributed by atoms with E-state index in [0.717, 1.165) is 17.5 Å². The summed E-state index contributed by atoms with van der Waals surface area (Å²) in [6.07, 6.45) is 1.26. The lowest BCUT2D eigenvalue weighted by molar-refractivity contribution is -0.123. The normalized spacial score (nSPS) is 13.1. The van der Waals surface area contributed by atoms with E-state index in [-0.39, 0.29) is 30.3 Å². The number of carbonyl (C=O) groups is 2. The third-order valence-electron chi connectivity index (χ3n) is 4.47. The molecule has 2 amide bonds. The van der Waals surface area contributed by atoms with E-state index < -0.39 is 0 Å². The number of hydrogen-bond donors (Lipinski definition) is 2. The van der Waals surface area contributed by atoms with Gasteiger partial charge in [0.15, 0.2) is 0 Å². The summed E-state index contributed by atoms with van der Waals surface area (Å²) in [5.41, 5.74) is 3.31. The molecule has 2 N–H and O–H groups in total. The summed E-state index contributed by atoms with van der Waals surface area (Å²) in [6, 6.07) is 17.6. The van der Waals surface area contributed by atoms with E-state index in [0.29, 0.717) is 5.92 Å². The molecular formula is C23H30N2O2. The molecule has 0 aliphatic rings. The molecular weight excluding hydrogens is 336 g/mol. The van der Waals surface area contributed by atoms with Crippen molar-refractivity contribution in [3.8, 4) is 0 Å². The van der Waals surface area contributed by atoms with Crippen LogP contribution in [0.1, 0.15) is 62.9 Å². The third-order valence-corrected chi connectivity index (χ3v) is 4.47. The van der Waals surface area contributed by atoms with Gasteiger partial charge in [-0.05, 0) is 36.0 Å². The molecule has 144 valence electrons. The minimum absolute atomic E-state index is 0.0839. The first-order valence-corrected chi connectivity index (χ1v) is 9.55. The Morgan fingerprint density at radius 2 is 1.48 bits per heavy atom. The Labute approximate surface area is 162 Å². The molecule has 0 heterocycles. The Morgan fingerprint density at radius 3 is 2.04 bits per heavy atom. The molecule has 0 saturated heterocycles. The molecule has 0 aromatic heterocycles. The SMILES string of the molecule is CC(=O)N[C@H](CC(=O)N[C@@H](C)c1ccc(CC(C)C)cc1)c1ccccc1. The summed E-state index contributed by atoms with van der Waals surface area (Å²) in [4.78, 5) is 24.1. The van der Waals surface area contributed by atoms with Crippen molar-refractivity contribution < 1.29 is 9.59 Å². The third kappa shape index (κ3) is 6.89. The Kier molecular flexibility index (Phi) is 7.59. The average Bonchev–Trinajstić information content (AvgIpc) is 2.61. The number of nitrogens with one attached hydrogen (secondary N) is 2. The molecule has 4 nitrogen and oxygen atoms in total. The van der Waals surface area contributed by atoms with E-state index in [9.17, 15) is 9.59 Å². The van der Waals surface area contributed by atoms with Crippen molar-refractivity contribution in [3.05, 3.63) is 71.3 Å². The maximum Gasteiger partial charge on any atom is 0.222 e. The molecule has 2 atom stereocenters.